The van der Waals surface area contributed by atoms with Crippen LogP contribution in [0, 0.1) is 18.8 Å². The second-order valence-corrected chi connectivity index (χ2v) is 9.21. The summed E-state index contributed by atoms with van der Waals surface area (Å²) < 4.78 is 27.7. The van der Waals surface area contributed by atoms with E-state index in [0.29, 0.717) is 15.4 Å². The SMILES string of the molecule is Cc1cc(Br)c(S(=O)(=O)N2CC(C(C)C)CC2=O)cc1Br. The number of halogens is 2. The zero-order chi connectivity index (χ0) is 15.9. The van der Waals surface area contributed by atoms with Gasteiger partial charge in [0.2, 0.25) is 5.91 Å². The Morgan fingerprint density at radius 2 is 1.86 bits per heavy atom. The van der Waals surface area contributed by atoms with Gasteiger partial charge in [0, 0.05) is 21.9 Å². The van der Waals surface area contributed by atoms with E-state index in [-0.39, 0.29) is 29.2 Å². The molecule has 7 heteroatoms. The number of benzene rings is 1. The van der Waals surface area contributed by atoms with Gasteiger partial charge in [0.1, 0.15) is 4.90 Å². The van der Waals surface area contributed by atoms with Crippen molar-refractivity contribution in [3.05, 3.63) is 26.6 Å². The van der Waals surface area contributed by atoms with E-state index >= 15 is 0 Å². The van der Waals surface area contributed by atoms with Gasteiger partial charge in [0.05, 0.1) is 0 Å². The van der Waals surface area contributed by atoms with E-state index in [1.807, 2.05) is 20.8 Å². The number of carbonyl (C=O) groups is 1. The maximum Gasteiger partial charge on any atom is 0.267 e. The minimum absolute atomic E-state index is 0.0833. The molecule has 4 nitrogen and oxygen atoms in total. The molecular formula is C14H17Br2NO3S. The lowest BCUT2D eigenvalue weighted by Gasteiger charge is -2.19. The number of aryl methyl sites for hydroxylation is 1. The van der Waals surface area contributed by atoms with E-state index in [0.717, 1.165) is 9.87 Å². The molecule has 1 unspecified atom stereocenters. The third-order valence-corrected chi connectivity index (χ3v) is 7.44. The van der Waals surface area contributed by atoms with Crippen LogP contribution >= 0.6 is 31.9 Å². The first kappa shape index (κ1) is 17.0. The lowest BCUT2D eigenvalue weighted by Crippen LogP contribution is -2.33. The first-order valence-electron chi connectivity index (χ1n) is 6.65. The van der Waals surface area contributed by atoms with Crippen molar-refractivity contribution >= 4 is 47.8 Å². The number of rotatable bonds is 3. The third-order valence-electron chi connectivity index (χ3n) is 3.84. The Hall–Kier alpha value is -0.400. The van der Waals surface area contributed by atoms with Gasteiger partial charge in [-0.25, -0.2) is 12.7 Å². The van der Waals surface area contributed by atoms with Crippen molar-refractivity contribution in [3.63, 3.8) is 0 Å². The monoisotopic (exact) mass is 437 g/mol. The highest BCUT2D eigenvalue weighted by atomic mass is 79.9. The molecule has 1 amide bonds. The molecule has 0 aliphatic carbocycles. The van der Waals surface area contributed by atoms with Crippen molar-refractivity contribution in [1.82, 2.24) is 4.31 Å². The van der Waals surface area contributed by atoms with Gasteiger partial charge in [-0.05, 0) is 52.4 Å². The number of amides is 1. The molecule has 0 bridgehead atoms. The van der Waals surface area contributed by atoms with E-state index in [2.05, 4.69) is 31.9 Å². The van der Waals surface area contributed by atoms with Crippen LogP contribution in [0.5, 0.6) is 0 Å². The number of sulfonamides is 1. The smallest absolute Gasteiger partial charge is 0.267 e. The standard InChI is InChI=1S/C14H17Br2NO3S/c1-8(2)10-5-14(18)17(7-10)21(19,20)13-6-11(15)9(3)4-12(13)16/h4,6,8,10H,5,7H2,1-3H3. The summed E-state index contributed by atoms with van der Waals surface area (Å²) in [7, 11) is -3.82. The molecule has 1 saturated heterocycles. The van der Waals surface area contributed by atoms with Crippen LogP contribution in [0.25, 0.3) is 0 Å². The molecule has 1 atom stereocenters. The number of hydrogen-bond acceptors (Lipinski definition) is 3. The Kier molecular flexibility index (Phi) is 4.85. The number of hydrogen-bond donors (Lipinski definition) is 0. The Morgan fingerprint density at radius 3 is 2.38 bits per heavy atom. The zero-order valence-electron chi connectivity index (χ0n) is 12.1. The molecule has 0 N–H and O–H groups in total. The van der Waals surface area contributed by atoms with E-state index in [1.54, 1.807) is 12.1 Å². The summed E-state index contributed by atoms with van der Waals surface area (Å²) in [4.78, 5) is 12.2. The summed E-state index contributed by atoms with van der Waals surface area (Å²) >= 11 is 6.63. The van der Waals surface area contributed by atoms with Crippen LogP contribution in [-0.2, 0) is 14.8 Å². The summed E-state index contributed by atoms with van der Waals surface area (Å²) in [6, 6.07) is 3.28. The van der Waals surface area contributed by atoms with Gasteiger partial charge in [-0.3, -0.25) is 4.79 Å². The second-order valence-electron chi connectivity index (χ2n) is 5.67. The summed E-state index contributed by atoms with van der Waals surface area (Å²) in [5.41, 5.74) is 0.925. The van der Waals surface area contributed by atoms with Crippen LogP contribution in [0.2, 0.25) is 0 Å². The van der Waals surface area contributed by atoms with Gasteiger partial charge in [0.25, 0.3) is 10.0 Å². The molecule has 1 aromatic carbocycles. The first-order valence-corrected chi connectivity index (χ1v) is 9.68. The van der Waals surface area contributed by atoms with Crippen molar-refractivity contribution in [2.24, 2.45) is 11.8 Å². The van der Waals surface area contributed by atoms with E-state index in [9.17, 15) is 13.2 Å². The van der Waals surface area contributed by atoms with E-state index in [4.69, 9.17) is 0 Å². The molecule has 0 aromatic heterocycles. The maximum absolute atomic E-state index is 12.8. The van der Waals surface area contributed by atoms with Crippen LogP contribution in [0.15, 0.2) is 26.0 Å². The van der Waals surface area contributed by atoms with Crippen LogP contribution in [-0.4, -0.2) is 25.2 Å². The Labute approximate surface area is 142 Å². The maximum atomic E-state index is 12.8. The molecule has 116 valence electrons. The van der Waals surface area contributed by atoms with Crippen molar-refractivity contribution in [3.8, 4) is 0 Å². The first-order chi connectivity index (χ1) is 9.64. The zero-order valence-corrected chi connectivity index (χ0v) is 16.0. The molecule has 0 radical (unpaired) electrons. The average molecular weight is 439 g/mol. The number of carbonyl (C=O) groups excluding carboxylic acids is 1. The summed E-state index contributed by atoms with van der Waals surface area (Å²) in [5, 5.41) is 0. The van der Waals surface area contributed by atoms with Gasteiger partial charge >= 0.3 is 0 Å². The quantitative estimate of drug-likeness (QED) is 0.722. The van der Waals surface area contributed by atoms with Crippen LogP contribution < -0.4 is 0 Å². The molecule has 0 saturated carbocycles. The van der Waals surface area contributed by atoms with Crippen molar-refractivity contribution < 1.29 is 13.2 Å². The van der Waals surface area contributed by atoms with Gasteiger partial charge in [-0.15, -0.1) is 0 Å². The van der Waals surface area contributed by atoms with Crippen molar-refractivity contribution in [2.75, 3.05) is 6.54 Å². The third kappa shape index (κ3) is 3.19. The normalized spacial score (nSPS) is 19.6. The van der Waals surface area contributed by atoms with E-state index in [1.165, 1.54) is 0 Å². The van der Waals surface area contributed by atoms with Crippen LogP contribution in [0.1, 0.15) is 25.8 Å². The van der Waals surface area contributed by atoms with Gasteiger partial charge < -0.3 is 0 Å². The summed E-state index contributed by atoms with van der Waals surface area (Å²) in [6.45, 7) is 6.15. The van der Waals surface area contributed by atoms with Crippen molar-refractivity contribution in [2.45, 2.75) is 32.1 Å². The van der Waals surface area contributed by atoms with Crippen LogP contribution in [0.3, 0.4) is 0 Å². The fourth-order valence-electron chi connectivity index (χ4n) is 2.33. The minimum atomic E-state index is -3.82. The Balaban J connectivity index is 2.44. The van der Waals surface area contributed by atoms with Gasteiger partial charge in [-0.2, -0.15) is 0 Å². The predicted octanol–water partition coefficient (Wildman–Crippen LogP) is 3.71. The molecule has 21 heavy (non-hydrogen) atoms. The minimum Gasteiger partial charge on any atom is -0.274 e. The molecule has 1 aliphatic rings. The highest BCUT2D eigenvalue weighted by molar-refractivity contribution is 9.11. The molecule has 2 rings (SSSR count). The highest BCUT2D eigenvalue weighted by Gasteiger charge is 2.40. The largest absolute Gasteiger partial charge is 0.274 e. The topological polar surface area (TPSA) is 54.5 Å². The van der Waals surface area contributed by atoms with Gasteiger partial charge in [-0.1, -0.05) is 29.8 Å². The van der Waals surface area contributed by atoms with Crippen LogP contribution in [0.4, 0.5) is 0 Å². The lowest BCUT2D eigenvalue weighted by molar-refractivity contribution is -0.123. The average Bonchev–Trinajstić information content (AvgIpc) is 2.76. The highest BCUT2D eigenvalue weighted by Crippen LogP contribution is 2.34. The molecular weight excluding hydrogens is 422 g/mol. The molecule has 1 heterocycles. The summed E-state index contributed by atoms with van der Waals surface area (Å²) in [5.74, 6) is 0.0413. The molecule has 1 aliphatic heterocycles. The van der Waals surface area contributed by atoms with E-state index < -0.39 is 10.0 Å². The molecule has 0 spiro atoms. The Bertz CT molecular complexity index is 686. The number of nitrogens with zero attached hydrogens (tertiary/aromatic N) is 1. The molecule has 1 fully saturated rings. The molecule has 1 aromatic rings. The summed E-state index contributed by atoms with van der Waals surface area (Å²) in [6.07, 6.45) is 0.293. The van der Waals surface area contributed by atoms with Crippen molar-refractivity contribution in [1.29, 1.82) is 0 Å². The second kappa shape index (κ2) is 6.01. The Morgan fingerprint density at radius 1 is 1.24 bits per heavy atom. The van der Waals surface area contributed by atoms with Gasteiger partial charge in [0.15, 0.2) is 0 Å². The predicted molar refractivity (Wildman–Crippen MR) is 88.4 cm³/mol. The fourth-order valence-corrected chi connectivity index (χ4v) is 5.43. The lowest BCUT2D eigenvalue weighted by atomic mass is 9.95. The fraction of sp³-hybridized carbons (Fsp3) is 0.500.